The topological polar surface area (TPSA) is 69.8 Å². The summed E-state index contributed by atoms with van der Waals surface area (Å²) in [5.41, 5.74) is 7.41. The molecule has 1 atom stereocenters. The summed E-state index contributed by atoms with van der Waals surface area (Å²) in [4.78, 5) is 15.7. The van der Waals surface area contributed by atoms with Crippen LogP contribution in [0, 0.1) is 0 Å². The van der Waals surface area contributed by atoms with E-state index in [1.54, 1.807) is 12.1 Å². The number of carboxylic acids is 1. The lowest BCUT2D eigenvalue weighted by Crippen LogP contribution is -2.38. The van der Waals surface area contributed by atoms with Gasteiger partial charge in [0.1, 0.15) is 0 Å². The molecule has 1 aliphatic heterocycles. The van der Waals surface area contributed by atoms with Crippen molar-refractivity contribution in [1.82, 2.24) is 4.90 Å². The fourth-order valence-electron chi connectivity index (χ4n) is 2.72. The summed E-state index contributed by atoms with van der Waals surface area (Å²) in [5.74, 6) is -0.973. The van der Waals surface area contributed by atoms with Crippen molar-refractivity contribution >= 4 is 17.3 Å². The third-order valence-electron chi connectivity index (χ3n) is 3.67. The average molecular weight is 263 g/mol. The fraction of sp³-hybridized carbons (Fsp3) is 0.500. The first-order valence-electron chi connectivity index (χ1n) is 6.57. The number of hydrogen-bond donors (Lipinski definition) is 2. The smallest absolute Gasteiger partial charge is 0.337 e. The number of anilines is 2. The summed E-state index contributed by atoms with van der Waals surface area (Å²) in [6.07, 6.45) is 1.05. The van der Waals surface area contributed by atoms with Crippen LogP contribution in [-0.4, -0.2) is 48.7 Å². The minimum absolute atomic E-state index is 0.183. The van der Waals surface area contributed by atoms with Gasteiger partial charge in [-0.05, 0) is 39.1 Å². The van der Waals surface area contributed by atoms with Gasteiger partial charge < -0.3 is 20.6 Å². The lowest BCUT2D eigenvalue weighted by Gasteiger charge is -2.31. The molecule has 1 unspecified atom stereocenters. The number of aromatic carboxylic acids is 1. The molecule has 0 amide bonds. The highest BCUT2D eigenvalue weighted by atomic mass is 16.4. The van der Waals surface area contributed by atoms with Gasteiger partial charge in [0, 0.05) is 19.1 Å². The molecule has 0 aromatic heterocycles. The highest BCUT2D eigenvalue weighted by Gasteiger charge is 2.23. The van der Waals surface area contributed by atoms with Crippen molar-refractivity contribution < 1.29 is 9.90 Å². The number of nitrogens with zero attached hydrogens (tertiary/aromatic N) is 2. The predicted octanol–water partition coefficient (Wildman–Crippen LogP) is 1.50. The SMILES string of the molecule is CC1CN(C)CCCN1c1cccc(C(=O)O)c1N. The van der Waals surface area contributed by atoms with E-state index >= 15 is 0 Å². The van der Waals surface area contributed by atoms with Crippen LogP contribution in [0.2, 0.25) is 0 Å². The number of carboxylic acid groups (broad SMARTS) is 1. The summed E-state index contributed by atoms with van der Waals surface area (Å²) in [7, 11) is 2.11. The van der Waals surface area contributed by atoms with Crippen molar-refractivity contribution in [3.8, 4) is 0 Å². The second kappa shape index (κ2) is 5.48. The second-order valence-electron chi connectivity index (χ2n) is 5.20. The zero-order valence-corrected chi connectivity index (χ0v) is 11.5. The predicted molar refractivity (Wildman–Crippen MR) is 76.7 cm³/mol. The molecule has 1 saturated heterocycles. The van der Waals surface area contributed by atoms with Gasteiger partial charge in [-0.1, -0.05) is 6.07 Å². The fourth-order valence-corrected chi connectivity index (χ4v) is 2.72. The Kier molecular flexibility index (Phi) is 3.95. The summed E-state index contributed by atoms with van der Waals surface area (Å²) in [6, 6.07) is 5.54. The first kappa shape index (κ1) is 13.7. The molecule has 1 aromatic rings. The van der Waals surface area contributed by atoms with E-state index in [2.05, 4.69) is 23.8 Å². The Morgan fingerprint density at radius 1 is 1.42 bits per heavy atom. The van der Waals surface area contributed by atoms with Gasteiger partial charge in [0.15, 0.2) is 0 Å². The quantitative estimate of drug-likeness (QED) is 0.791. The summed E-state index contributed by atoms with van der Waals surface area (Å²) in [5, 5.41) is 9.15. The van der Waals surface area contributed by atoms with Gasteiger partial charge in [0.25, 0.3) is 0 Å². The standard InChI is InChI=1S/C14H21N3O2/c1-10-9-16(2)7-4-8-17(10)12-6-3-5-11(13(12)15)14(18)19/h3,5-6,10H,4,7-9,15H2,1-2H3,(H,18,19). The molecule has 1 fully saturated rings. The van der Waals surface area contributed by atoms with Crippen molar-refractivity contribution in [2.45, 2.75) is 19.4 Å². The normalized spacial score (nSPS) is 21.2. The maximum absolute atomic E-state index is 11.2. The Labute approximate surface area is 113 Å². The molecule has 0 bridgehead atoms. The number of nitrogen functional groups attached to an aromatic ring is 1. The molecular weight excluding hydrogens is 242 g/mol. The van der Waals surface area contributed by atoms with Crippen LogP contribution in [0.5, 0.6) is 0 Å². The molecule has 3 N–H and O–H groups in total. The molecule has 19 heavy (non-hydrogen) atoms. The second-order valence-corrected chi connectivity index (χ2v) is 5.20. The Hall–Kier alpha value is -1.75. The van der Waals surface area contributed by atoms with Crippen LogP contribution in [0.3, 0.4) is 0 Å². The van der Waals surface area contributed by atoms with E-state index in [4.69, 9.17) is 10.8 Å². The minimum Gasteiger partial charge on any atom is -0.478 e. The van der Waals surface area contributed by atoms with Crippen molar-refractivity contribution in [2.24, 2.45) is 0 Å². The molecule has 1 aromatic carbocycles. The van der Waals surface area contributed by atoms with E-state index in [9.17, 15) is 4.79 Å². The van der Waals surface area contributed by atoms with Gasteiger partial charge in [0.05, 0.1) is 16.9 Å². The van der Waals surface area contributed by atoms with Gasteiger partial charge >= 0.3 is 5.97 Å². The first-order chi connectivity index (χ1) is 9.00. The molecule has 0 spiro atoms. The van der Waals surface area contributed by atoms with Crippen LogP contribution in [0.1, 0.15) is 23.7 Å². The lowest BCUT2D eigenvalue weighted by atomic mass is 10.1. The van der Waals surface area contributed by atoms with Crippen LogP contribution in [0.25, 0.3) is 0 Å². The van der Waals surface area contributed by atoms with E-state index in [1.807, 2.05) is 6.07 Å². The Bertz CT molecular complexity index is 476. The number of nitrogens with two attached hydrogens (primary N) is 1. The van der Waals surface area contributed by atoms with Crippen molar-refractivity contribution in [2.75, 3.05) is 37.3 Å². The Balaban J connectivity index is 2.35. The van der Waals surface area contributed by atoms with Gasteiger partial charge in [0.2, 0.25) is 0 Å². The molecule has 2 rings (SSSR count). The third kappa shape index (κ3) is 2.81. The minimum atomic E-state index is -0.973. The molecule has 1 heterocycles. The largest absolute Gasteiger partial charge is 0.478 e. The van der Waals surface area contributed by atoms with E-state index in [0.29, 0.717) is 11.7 Å². The molecule has 0 saturated carbocycles. The lowest BCUT2D eigenvalue weighted by molar-refractivity contribution is 0.0698. The van der Waals surface area contributed by atoms with Gasteiger partial charge in [-0.25, -0.2) is 4.79 Å². The summed E-state index contributed by atoms with van der Waals surface area (Å²) >= 11 is 0. The number of carbonyl (C=O) groups is 1. The van der Waals surface area contributed by atoms with Gasteiger partial charge in [-0.3, -0.25) is 0 Å². The van der Waals surface area contributed by atoms with Crippen LogP contribution in [0.15, 0.2) is 18.2 Å². The first-order valence-corrected chi connectivity index (χ1v) is 6.57. The van der Waals surface area contributed by atoms with Crippen LogP contribution >= 0.6 is 0 Å². The molecule has 5 heteroatoms. The van der Waals surface area contributed by atoms with Gasteiger partial charge in [-0.15, -0.1) is 0 Å². The summed E-state index contributed by atoms with van der Waals surface area (Å²) < 4.78 is 0. The monoisotopic (exact) mass is 263 g/mol. The zero-order valence-electron chi connectivity index (χ0n) is 11.5. The summed E-state index contributed by atoms with van der Waals surface area (Å²) in [6.45, 7) is 5.06. The van der Waals surface area contributed by atoms with Crippen LogP contribution in [-0.2, 0) is 0 Å². The van der Waals surface area contributed by atoms with Crippen molar-refractivity contribution in [3.63, 3.8) is 0 Å². The van der Waals surface area contributed by atoms with E-state index in [1.165, 1.54) is 0 Å². The average Bonchev–Trinajstić information content (AvgIpc) is 2.50. The highest BCUT2D eigenvalue weighted by Crippen LogP contribution is 2.29. The maximum atomic E-state index is 11.2. The molecule has 0 radical (unpaired) electrons. The number of rotatable bonds is 2. The highest BCUT2D eigenvalue weighted by molar-refractivity contribution is 5.97. The van der Waals surface area contributed by atoms with E-state index in [-0.39, 0.29) is 5.56 Å². The van der Waals surface area contributed by atoms with Crippen LogP contribution in [0.4, 0.5) is 11.4 Å². The number of benzene rings is 1. The van der Waals surface area contributed by atoms with Gasteiger partial charge in [-0.2, -0.15) is 0 Å². The van der Waals surface area contributed by atoms with E-state index < -0.39 is 5.97 Å². The number of likely N-dealkylation sites (N-methyl/N-ethyl adjacent to an activating group) is 1. The molecule has 104 valence electrons. The zero-order chi connectivity index (χ0) is 14.0. The maximum Gasteiger partial charge on any atom is 0.337 e. The third-order valence-corrected chi connectivity index (χ3v) is 3.67. The van der Waals surface area contributed by atoms with E-state index in [0.717, 1.165) is 31.7 Å². The molecule has 1 aliphatic rings. The van der Waals surface area contributed by atoms with Crippen molar-refractivity contribution in [1.29, 1.82) is 0 Å². The van der Waals surface area contributed by atoms with Crippen molar-refractivity contribution in [3.05, 3.63) is 23.8 Å². The Morgan fingerprint density at radius 3 is 2.84 bits per heavy atom. The number of para-hydroxylation sites is 1. The molecule has 5 nitrogen and oxygen atoms in total. The Morgan fingerprint density at radius 2 is 2.16 bits per heavy atom. The van der Waals surface area contributed by atoms with Crippen LogP contribution < -0.4 is 10.6 Å². The number of hydrogen-bond acceptors (Lipinski definition) is 4. The molecule has 0 aliphatic carbocycles. The molecular formula is C14H21N3O2.